The number of rotatable bonds is 6. The van der Waals surface area contributed by atoms with Gasteiger partial charge in [0.15, 0.2) is 17.3 Å². The van der Waals surface area contributed by atoms with Crippen molar-refractivity contribution < 1.29 is 14.3 Å². The lowest BCUT2D eigenvalue weighted by Gasteiger charge is -2.16. The summed E-state index contributed by atoms with van der Waals surface area (Å²) in [6.07, 6.45) is 1.84. The van der Waals surface area contributed by atoms with Gasteiger partial charge in [0.1, 0.15) is 0 Å². The van der Waals surface area contributed by atoms with E-state index in [0.717, 1.165) is 12.7 Å². The Morgan fingerprint density at radius 1 is 0.960 bits per heavy atom. The fraction of sp³-hybridized carbons (Fsp3) is 0.211. The van der Waals surface area contributed by atoms with E-state index in [9.17, 15) is 4.79 Å². The van der Waals surface area contributed by atoms with Gasteiger partial charge < -0.3 is 14.4 Å². The third-order valence-electron chi connectivity index (χ3n) is 3.51. The second-order valence-corrected chi connectivity index (χ2v) is 7.83. The zero-order valence-corrected chi connectivity index (χ0v) is 18.8. The highest BCUT2D eigenvalue weighted by Crippen LogP contribution is 2.36. The average molecular weight is 563 g/mol. The van der Waals surface area contributed by atoms with Crippen LogP contribution in [0.15, 0.2) is 42.6 Å². The molecule has 0 aromatic heterocycles. The summed E-state index contributed by atoms with van der Waals surface area (Å²) >= 11 is 4.40. The van der Waals surface area contributed by atoms with Gasteiger partial charge in [-0.2, -0.15) is 0 Å². The minimum Gasteiger partial charge on any atom is -0.493 e. The number of ether oxygens (including phenoxy) is 2. The van der Waals surface area contributed by atoms with E-state index in [0.29, 0.717) is 22.6 Å². The minimum atomic E-state index is -0.0242. The third-order valence-corrected chi connectivity index (χ3v) is 5.35. The maximum Gasteiger partial charge on any atom is 0.196 e. The number of allylic oxidation sites excluding steroid dienone is 1. The van der Waals surface area contributed by atoms with E-state index in [1.807, 2.05) is 61.6 Å². The van der Waals surface area contributed by atoms with Gasteiger partial charge in [-0.15, -0.1) is 0 Å². The number of benzene rings is 2. The largest absolute Gasteiger partial charge is 0.493 e. The first-order chi connectivity index (χ1) is 11.9. The lowest BCUT2D eigenvalue weighted by Crippen LogP contribution is -2.11. The van der Waals surface area contributed by atoms with Crippen LogP contribution in [0.3, 0.4) is 0 Å². The highest BCUT2D eigenvalue weighted by molar-refractivity contribution is 14.1. The molecule has 0 saturated carbocycles. The molecule has 2 rings (SSSR count). The molecule has 2 aromatic carbocycles. The molecule has 0 bridgehead atoms. The molecule has 0 aliphatic carbocycles. The zero-order valence-electron chi connectivity index (χ0n) is 14.5. The van der Waals surface area contributed by atoms with Crippen LogP contribution in [0.5, 0.6) is 11.5 Å². The van der Waals surface area contributed by atoms with Crippen molar-refractivity contribution in [2.24, 2.45) is 0 Å². The third kappa shape index (κ3) is 4.66. The van der Waals surface area contributed by atoms with Crippen LogP contribution in [-0.2, 0) is 0 Å². The molecule has 2 aromatic rings. The van der Waals surface area contributed by atoms with E-state index < -0.39 is 0 Å². The molecule has 0 unspecified atom stereocenters. The molecule has 0 amide bonds. The van der Waals surface area contributed by atoms with Crippen LogP contribution in [0, 0.1) is 7.14 Å². The predicted octanol–water partition coefficient (Wildman–Crippen LogP) is 4.70. The summed E-state index contributed by atoms with van der Waals surface area (Å²) in [5.41, 5.74) is 2.11. The second-order valence-electron chi connectivity index (χ2n) is 5.50. The molecule has 25 heavy (non-hydrogen) atoms. The molecule has 0 aliphatic rings. The highest BCUT2D eigenvalue weighted by Gasteiger charge is 2.21. The number of carbonyl (C=O) groups is 1. The van der Waals surface area contributed by atoms with E-state index in [1.165, 1.54) is 0 Å². The van der Waals surface area contributed by atoms with E-state index >= 15 is 0 Å². The molecule has 0 radical (unpaired) electrons. The van der Waals surface area contributed by atoms with Crippen LogP contribution >= 0.6 is 45.2 Å². The summed E-state index contributed by atoms with van der Waals surface area (Å²) in [6.45, 7) is 0. The van der Waals surface area contributed by atoms with Crippen molar-refractivity contribution in [1.82, 2.24) is 4.90 Å². The summed E-state index contributed by atoms with van der Waals surface area (Å²) in [5.74, 6) is 1.21. The lowest BCUT2D eigenvalue weighted by atomic mass is 9.97. The Labute approximate surface area is 175 Å². The normalized spacial score (nSPS) is 11.2. The maximum atomic E-state index is 13.2. The Morgan fingerprint density at radius 3 is 2.12 bits per heavy atom. The van der Waals surface area contributed by atoms with Gasteiger partial charge in [0.2, 0.25) is 0 Å². The summed E-state index contributed by atoms with van der Waals surface area (Å²) in [4.78, 5) is 15.1. The Balaban J connectivity index is 2.64. The number of halogens is 2. The number of ketones is 1. The minimum absolute atomic E-state index is 0.0242. The molecule has 0 saturated heterocycles. The number of hydrogen-bond donors (Lipinski definition) is 0. The Kier molecular flexibility index (Phi) is 7.12. The van der Waals surface area contributed by atoms with Gasteiger partial charge in [0.25, 0.3) is 0 Å². The van der Waals surface area contributed by atoms with E-state index in [-0.39, 0.29) is 5.78 Å². The van der Waals surface area contributed by atoms with Gasteiger partial charge in [-0.3, -0.25) is 4.79 Å². The van der Waals surface area contributed by atoms with Gasteiger partial charge in [0, 0.05) is 44.1 Å². The summed E-state index contributed by atoms with van der Waals surface area (Å²) in [7, 11) is 6.99. The lowest BCUT2D eigenvalue weighted by molar-refractivity contribution is 0.105. The van der Waals surface area contributed by atoms with Crippen molar-refractivity contribution in [3.05, 3.63) is 60.9 Å². The Bertz CT molecular complexity index is 816. The van der Waals surface area contributed by atoms with Crippen molar-refractivity contribution >= 4 is 56.5 Å². The summed E-state index contributed by atoms with van der Waals surface area (Å²) in [5, 5.41) is 0. The van der Waals surface area contributed by atoms with Crippen LogP contribution < -0.4 is 9.47 Å². The van der Waals surface area contributed by atoms with Crippen molar-refractivity contribution in [2.75, 3.05) is 28.3 Å². The molecule has 6 heteroatoms. The second kappa shape index (κ2) is 8.88. The fourth-order valence-corrected chi connectivity index (χ4v) is 3.72. The first-order valence-corrected chi connectivity index (χ1v) is 9.64. The summed E-state index contributed by atoms with van der Waals surface area (Å²) in [6, 6.07) is 11.3. The molecule has 0 N–H and O–H groups in total. The highest BCUT2D eigenvalue weighted by atomic mass is 127. The number of Topliss-reactive ketones (excluding diaryl/α,β-unsaturated/α-hetero) is 1. The number of methoxy groups -OCH3 is 2. The number of nitrogens with zero attached hydrogens (tertiary/aromatic N) is 1. The van der Waals surface area contributed by atoms with Crippen LogP contribution in [0.25, 0.3) is 5.57 Å². The van der Waals surface area contributed by atoms with Gasteiger partial charge in [-0.25, -0.2) is 0 Å². The maximum absolute atomic E-state index is 13.2. The van der Waals surface area contributed by atoms with Crippen molar-refractivity contribution in [3.63, 3.8) is 0 Å². The molecule has 4 nitrogen and oxygen atoms in total. The predicted molar refractivity (Wildman–Crippen MR) is 117 cm³/mol. The van der Waals surface area contributed by atoms with Crippen LogP contribution in [0.4, 0.5) is 0 Å². The fourth-order valence-electron chi connectivity index (χ4n) is 2.36. The monoisotopic (exact) mass is 563 g/mol. The smallest absolute Gasteiger partial charge is 0.196 e. The van der Waals surface area contributed by atoms with Crippen molar-refractivity contribution in [3.8, 4) is 11.5 Å². The topological polar surface area (TPSA) is 38.8 Å². The molecule has 0 fully saturated rings. The van der Waals surface area contributed by atoms with Gasteiger partial charge in [-0.05, 0) is 69.4 Å². The van der Waals surface area contributed by atoms with Crippen molar-refractivity contribution in [1.29, 1.82) is 0 Å². The van der Waals surface area contributed by atoms with Gasteiger partial charge in [-0.1, -0.05) is 12.1 Å². The molecular weight excluding hydrogens is 544 g/mol. The van der Waals surface area contributed by atoms with Crippen molar-refractivity contribution in [2.45, 2.75) is 0 Å². The summed E-state index contributed by atoms with van der Waals surface area (Å²) < 4.78 is 12.6. The van der Waals surface area contributed by atoms with Crippen LogP contribution in [-0.4, -0.2) is 39.0 Å². The Morgan fingerprint density at radius 2 is 1.56 bits per heavy atom. The van der Waals surface area contributed by atoms with Crippen LogP contribution in [0.2, 0.25) is 0 Å². The standard InChI is InChI=1S/C19H19I2NO3/c1-22(2)11-14(19(23)12-7-5-6-8-15(12)20)13-9-17(24-3)18(25-4)10-16(13)21/h5-11H,1-4H3/b14-11+. The van der Waals surface area contributed by atoms with E-state index in [1.54, 1.807) is 14.2 Å². The molecule has 0 aliphatic heterocycles. The average Bonchev–Trinajstić information content (AvgIpc) is 2.59. The molecule has 0 heterocycles. The van der Waals surface area contributed by atoms with E-state index in [4.69, 9.17) is 9.47 Å². The first kappa shape index (κ1) is 20.0. The van der Waals surface area contributed by atoms with Crippen LogP contribution in [0.1, 0.15) is 15.9 Å². The first-order valence-electron chi connectivity index (χ1n) is 7.48. The quantitative estimate of drug-likeness (QED) is 0.291. The number of hydrogen-bond acceptors (Lipinski definition) is 4. The molecular formula is C19H19I2NO3. The van der Waals surface area contributed by atoms with Gasteiger partial charge >= 0.3 is 0 Å². The van der Waals surface area contributed by atoms with Gasteiger partial charge in [0.05, 0.1) is 14.2 Å². The number of carbonyl (C=O) groups excluding carboxylic acids is 1. The van der Waals surface area contributed by atoms with E-state index in [2.05, 4.69) is 45.2 Å². The molecule has 0 atom stereocenters. The molecule has 132 valence electrons. The Hall–Kier alpha value is -1.29. The molecule has 0 spiro atoms. The SMILES string of the molecule is COc1cc(I)c(/C(=C\N(C)C)C(=O)c2ccccc2I)cc1OC. The zero-order chi connectivity index (χ0) is 18.6.